The Bertz CT molecular complexity index is 910. The fraction of sp³-hybridized carbons (Fsp3) is 0.450. The maximum absolute atomic E-state index is 12.0. The van der Waals surface area contributed by atoms with Crippen molar-refractivity contribution in [1.29, 1.82) is 0 Å². The van der Waals surface area contributed by atoms with Crippen LogP contribution in [0.2, 0.25) is 0 Å². The molecule has 0 N–H and O–H groups in total. The molecule has 0 fully saturated rings. The zero-order valence-electron chi connectivity index (χ0n) is 15.2. The van der Waals surface area contributed by atoms with Crippen molar-refractivity contribution >= 4 is 11.9 Å². The van der Waals surface area contributed by atoms with Gasteiger partial charge in [-0.3, -0.25) is 9.58 Å². The molecule has 2 aliphatic heterocycles. The highest BCUT2D eigenvalue weighted by Gasteiger charge is 2.42. The van der Waals surface area contributed by atoms with Crippen LogP contribution >= 0.6 is 0 Å². The van der Waals surface area contributed by atoms with E-state index in [0.717, 1.165) is 43.7 Å². The van der Waals surface area contributed by atoms with Crippen molar-refractivity contribution in [2.45, 2.75) is 44.4 Å². The van der Waals surface area contributed by atoms with Gasteiger partial charge in [-0.15, -0.1) is 5.10 Å². The number of carbonyl (C=O) groups is 2. The number of carbonyl (C=O) groups excluding carboxylic acids is 2. The molecule has 2 aromatic rings. The van der Waals surface area contributed by atoms with Crippen molar-refractivity contribution in [1.82, 2.24) is 14.7 Å². The van der Waals surface area contributed by atoms with E-state index in [-0.39, 0.29) is 17.9 Å². The zero-order valence-corrected chi connectivity index (χ0v) is 15.2. The van der Waals surface area contributed by atoms with Crippen LogP contribution < -0.4 is 4.74 Å². The summed E-state index contributed by atoms with van der Waals surface area (Å²) in [4.78, 5) is 26.3. The average Bonchev–Trinajstić information content (AvgIpc) is 3.20. The smallest absolute Gasteiger partial charge is 0.424 e. The Kier molecular flexibility index (Phi) is 3.79. The van der Waals surface area contributed by atoms with E-state index in [4.69, 9.17) is 9.47 Å². The van der Waals surface area contributed by atoms with Crippen molar-refractivity contribution in [2.75, 3.05) is 6.54 Å². The largest absolute Gasteiger partial charge is 0.453 e. The second kappa shape index (κ2) is 6.20. The number of hydrogen-bond donors (Lipinski definition) is 0. The second-order valence-corrected chi connectivity index (χ2v) is 7.54. The Morgan fingerprint density at radius 1 is 1.15 bits per heavy atom. The predicted octanol–water partition coefficient (Wildman–Crippen LogP) is 1.69. The third-order valence-corrected chi connectivity index (χ3v) is 5.94. The molecule has 27 heavy (non-hydrogen) atoms. The number of rotatable bonds is 3. The lowest BCUT2D eigenvalue weighted by atomic mass is 9.81. The van der Waals surface area contributed by atoms with E-state index >= 15 is 0 Å². The highest BCUT2D eigenvalue weighted by atomic mass is 16.6. The van der Waals surface area contributed by atoms with Crippen LogP contribution in [0.25, 0.3) is 0 Å². The van der Waals surface area contributed by atoms with E-state index in [2.05, 4.69) is 34.3 Å². The van der Waals surface area contributed by atoms with Gasteiger partial charge in [0.05, 0.1) is 0 Å². The number of esters is 2. The Balaban J connectivity index is 1.40. The number of hydrogen-bond acceptors (Lipinski definition) is 6. The van der Waals surface area contributed by atoms with Gasteiger partial charge in [0.15, 0.2) is 0 Å². The average molecular weight is 367 g/mol. The molecular formula is C20H21N3O4. The summed E-state index contributed by atoms with van der Waals surface area (Å²) >= 11 is 0. The molecule has 2 bridgehead atoms. The quantitative estimate of drug-likeness (QED) is 0.607. The van der Waals surface area contributed by atoms with E-state index in [1.54, 1.807) is 4.68 Å². The summed E-state index contributed by atoms with van der Waals surface area (Å²) in [6.45, 7) is 2.76. The molecule has 0 saturated heterocycles. The van der Waals surface area contributed by atoms with Crippen molar-refractivity contribution in [3.63, 3.8) is 0 Å². The first-order chi connectivity index (χ1) is 13.1. The van der Waals surface area contributed by atoms with E-state index < -0.39 is 11.9 Å². The predicted molar refractivity (Wildman–Crippen MR) is 95.0 cm³/mol. The Labute approximate surface area is 156 Å². The van der Waals surface area contributed by atoms with Gasteiger partial charge < -0.3 is 9.47 Å². The molecular weight excluding hydrogens is 346 g/mol. The first kappa shape index (κ1) is 16.5. The first-order valence-electron chi connectivity index (χ1n) is 9.38. The molecule has 5 rings (SSSR count). The number of aromatic nitrogens is 2. The lowest BCUT2D eigenvalue weighted by Gasteiger charge is -2.33. The molecule has 1 aromatic heterocycles. The van der Waals surface area contributed by atoms with Gasteiger partial charge in [-0.1, -0.05) is 24.3 Å². The molecule has 0 amide bonds. The standard InChI is InChI=1S/C20H21N3O4/c1-22-15-6-7-16-14(17(15)18(21-22)27-20(25)19(24)26-16)8-9-23-10-12-4-2-3-5-13(12)11-23/h2-5,14,16H,6-11H2,1H3. The molecule has 2 unspecified atom stereocenters. The van der Waals surface area contributed by atoms with Gasteiger partial charge in [0.25, 0.3) is 0 Å². The molecule has 1 aromatic carbocycles. The summed E-state index contributed by atoms with van der Waals surface area (Å²) < 4.78 is 12.5. The molecule has 140 valence electrons. The van der Waals surface area contributed by atoms with Crippen molar-refractivity contribution in [2.24, 2.45) is 7.05 Å². The maximum Gasteiger partial charge on any atom is 0.424 e. The van der Waals surface area contributed by atoms with Gasteiger partial charge in [0.1, 0.15) is 6.10 Å². The molecule has 1 aliphatic carbocycles. The maximum atomic E-state index is 12.0. The van der Waals surface area contributed by atoms with Crippen LogP contribution in [0, 0.1) is 0 Å². The summed E-state index contributed by atoms with van der Waals surface area (Å²) in [5.41, 5.74) is 4.76. The molecule has 0 spiro atoms. The van der Waals surface area contributed by atoms with E-state index in [0.29, 0.717) is 6.42 Å². The summed E-state index contributed by atoms with van der Waals surface area (Å²) in [6, 6.07) is 8.51. The fourth-order valence-electron chi connectivity index (χ4n) is 4.63. The minimum Gasteiger partial charge on any atom is -0.453 e. The molecule has 0 radical (unpaired) electrons. The minimum atomic E-state index is -0.985. The molecule has 3 aliphatic rings. The molecule has 3 heterocycles. The lowest BCUT2D eigenvalue weighted by molar-refractivity contribution is -0.168. The number of benzene rings is 1. The third kappa shape index (κ3) is 2.73. The van der Waals surface area contributed by atoms with Crippen LogP contribution in [0.15, 0.2) is 24.3 Å². The number of fused-ring (bicyclic) bond motifs is 2. The van der Waals surface area contributed by atoms with E-state index in [1.807, 2.05) is 7.05 Å². The first-order valence-corrected chi connectivity index (χ1v) is 9.38. The minimum absolute atomic E-state index is 0.00166. The van der Waals surface area contributed by atoms with Crippen LogP contribution in [0.5, 0.6) is 5.88 Å². The SMILES string of the molecule is Cn1nc2c3c1CCC(OC(=O)C(=O)O2)C3CCN1Cc2ccccc2C1. The van der Waals surface area contributed by atoms with Crippen LogP contribution in [0.4, 0.5) is 0 Å². The highest BCUT2D eigenvalue weighted by molar-refractivity contribution is 6.30. The van der Waals surface area contributed by atoms with Crippen LogP contribution in [0.3, 0.4) is 0 Å². The zero-order chi connectivity index (χ0) is 18.5. The van der Waals surface area contributed by atoms with E-state index in [9.17, 15) is 9.59 Å². The van der Waals surface area contributed by atoms with Gasteiger partial charge in [0.2, 0.25) is 5.88 Å². The van der Waals surface area contributed by atoms with Crippen molar-refractivity contribution in [3.05, 3.63) is 46.6 Å². The molecule has 2 atom stereocenters. The Morgan fingerprint density at radius 3 is 2.63 bits per heavy atom. The van der Waals surface area contributed by atoms with Crippen LogP contribution in [-0.2, 0) is 40.9 Å². The topological polar surface area (TPSA) is 73.7 Å². The van der Waals surface area contributed by atoms with Gasteiger partial charge >= 0.3 is 11.9 Å². The summed E-state index contributed by atoms with van der Waals surface area (Å²) in [7, 11) is 1.85. The monoisotopic (exact) mass is 367 g/mol. The normalized spacial score (nSPS) is 24.0. The fourth-order valence-corrected chi connectivity index (χ4v) is 4.63. The lowest BCUT2D eigenvalue weighted by Crippen LogP contribution is -2.38. The molecule has 7 nitrogen and oxygen atoms in total. The van der Waals surface area contributed by atoms with Crippen molar-refractivity contribution < 1.29 is 19.1 Å². The van der Waals surface area contributed by atoms with Crippen LogP contribution in [-0.4, -0.2) is 39.3 Å². The summed E-state index contributed by atoms with van der Waals surface area (Å²) in [6.07, 6.45) is 2.00. The number of aryl methyl sites for hydroxylation is 1. The second-order valence-electron chi connectivity index (χ2n) is 7.54. The Hall–Kier alpha value is -2.67. The van der Waals surface area contributed by atoms with Gasteiger partial charge in [-0.2, -0.15) is 0 Å². The Morgan fingerprint density at radius 2 is 1.89 bits per heavy atom. The van der Waals surface area contributed by atoms with E-state index in [1.165, 1.54) is 11.1 Å². The van der Waals surface area contributed by atoms with Crippen LogP contribution in [0.1, 0.15) is 41.1 Å². The highest BCUT2D eigenvalue weighted by Crippen LogP contribution is 2.42. The van der Waals surface area contributed by atoms with Gasteiger partial charge in [-0.25, -0.2) is 9.59 Å². The van der Waals surface area contributed by atoms with Crippen molar-refractivity contribution in [3.8, 4) is 5.88 Å². The number of ether oxygens (including phenoxy) is 2. The summed E-state index contributed by atoms with van der Waals surface area (Å²) in [5, 5.41) is 4.35. The van der Waals surface area contributed by atoms with Gasteiger partial charge in [0, 0.05) is 37.3 Å². The molecule has 0 saturated carbocycles. The number of nitrogens with zero attached hydrogens (tertiary/aromatic N) is 3. The summed E-state index contributed by atoms with van der Waals surface area (Å²) in [5.74, 6) is -1.63. The van der Waals surface area contributed by atoms with Gasteiger partial charge in [-0.05, 0) is 36.9 Å². The molecule has 7 heteroatoms. The third-order valence-electron chi connectivity index (χ3n) is 5.94.